The van der Waals surface area contributed by atoms with Crippen LogP contribution in [0.25, 0.3) is 0 Å². The second kappa shape index (κ2) is 7.15. The van der Waals surface area contributed by atoms with E-state index in [-0.39, 0.29) is 12.8 Å². The molecular formula is C13H16N2O4. The monoisotopic (exact) mass is 264 g/mol. The molecule has 0 radical (unpaired) electrons. The van der Waals surface area contributed by atoms with E-state index in [1.165, 1.54) is 4.90 Å². The van der Waals surface area contributed by atoms with E-state index in [0.29, 0.717) is 12.2 Å². The second-order valence-corrected chi connectivity index (χ2v) is 3.83. The summed E-state index contributed by atoms with van der Waals surface area (Å²) in [5, 5.41) is 10.6. The smallest absolute Gasteiger partial charge is 0.328 e. The summed E-state index contributed by atoms with van der Waals surface area (Å²) in [5.41, 5.74) is 0.675. The van der Waals surface area contributed by atoms with Gasteiger partial charge in [0.1, 0.15) is 0 Å². The molecule has 19 heavy (non-hydrogen) atoms. The predicted molar refractivity (Wildman–Crippen MR) is 69.9 cm³/mol. The number of benzene rings is 1. The summed E-state index contributed by atoms with van der Waals surface area (Å²) >= 11 is 0. The fraction of sp³-hybridized carbons (Fsp3) is 0.308. The van der Waals surface area contributed by atoms with Gasteiger partial charge in [-0.2, -0.15) is 0 Å². The molecule has 1 rings (SSSR count). The fourth-order valence-corrected chi connectivity index (χ4v) is 1.52. The van der Waals surface area contributed by atoms with Crippen LogP contribution in [0.4, 0.5) is 10.5 Å². The lowest BCUT2D eigenvalue weighted by molar-refractivity contribution is -0.138. The van der Waals surface area contributed by atoms with Crippen LogP contribution in [0.1, 0.15) is 19.8 Å². The Kier molecular flexibility index (Phi) is 5.53. The molecule has 102 valence electrons. The zero-order valence-electron chi connectivity index (χ0n) is 10.6. The van der Waals surface area contributed by atoms with Gasteiger partial charge in [0, 0.05) is 18.7 Å². The van der Waals surface area contributed by atoms with E-state index in [1.54, 1.807) is 31.2 Å². The third-order valence-electron chi connectivity index (χ3n) is 2.44. The van der Waals surface area contributed by atoms with E-state index in [2.05, 4.69) is 5.32 Å². The van der Waals surface area contributed by atoms with Gasteiger partial charge in [-0.1, -0.05) is 18.2 Å². The van der Waals surface area contributed by atoms with Gasteiger partial charge in [0.05, 0.1) is 6.42 Å². The van der Waals surface area contributed by atoms with Crippen LogP contribution in [0.2, 0.25) is 0 Å². The van der Waals surface area contributed by atoms with Gasteiger partial charge in [-0.3, -0.25) is 19.8 Å². The highest BCUT2D eigenvalue weighted by atomic mass is 16.4. The average molecular weight is 264 g/mol. The van der Waals surface area contributed by atoms with E-state index >= 15 is 0 Å². The van der Waals surface area contributed by atoms with Crippen molar-refractivity contribution in [2.45, 2.75) is 19.8 Å². The Labute approximate surface area is 111 Å². The van der Waals surface area contributed by atoms with Crippen LogP contribution in [-0.4, -0.2) is 29.6 Å². The molecule has 0 saturated heterocycles. The van der Waals surface area contributed by atoms with Gasteiger partial charge in [-0.05, 0) is 19.1 Å². The number of para-hydroxylation sites is 1. The number of urea groups is 1. The number of aliphatic carboxylic acids is 1. The fourth-order valence-electron chi connectivity index (χ4n) is 1.52. The number of carboxylic acids is 1. The molecule has 0 atom stereocenters. The van der Waals surface area contributed by atoms with Gasteiger partial charge in [-0.15, -0.1) is 0 Å². The first kappa shape index (κ1) is 14.7. The molecule has 0 saturated carbocycles. The normalized spacial score (nSPS) is 9.74. The highest BCUT2D eigenvalue weighted by Crippen LogP contribution is 2.12. The molecular weight excluding hydrogens is 248 g/mol. The SMILES string of the molecule is CCN(C(=O)NC(=O)CCC(=O)O)c1ccccc1. The molecule has 0 fully saturated rings. The minimum atomic E-state index is -1.07. The molecule has 0 aliphatic carbocycles. The van der Waals surface area contributed by atoms with Gasteiger partial charge in [-0.25, -0.2) is 4.79 Å². The summed E-state index contributed by atoms with van der Waals surface area (Å²) in [4.78, 5) is 35.0. The molecule has 3 amide bonds. The van der Waals surface area contributed by atoms with E-state index in [0.717, 1.165) is 0 Å². The Morgan fingerprint density at radius 1 is 1.16 bits per heavy atom. The van der Waals surface area contributed by atoms with Crippen LogP contribution in [-0.2, 0) is 9.59 Å². The van der Waals surface area contributed by atoms with Crippen molar-refractivity contribution < 1.29 is 19.5 Å². The number of carbonyl (C=O) groups excluding carboxylic acids is 2. The molecule has 0 heterocycles. The van der Waals surface area contributed by atoms with Crippen molar-refractivity contribution in [1.29, 1.82) is 0 Å². The number of carbonyl (C=O) groups is 3. The maximum absolute atomic E-state index is 11.9. The number of hydrogen-bond acceptors (Lipinski definition) is 3. The van der Waals surface area contributed by atoms with Crippen LogP contribution < -0.4 is 10.2 Å². The third-order valence-corrected chi connectivity index (χ3v) is 2.44. The molecule has 2 N–H and O–H groups in total. The summed E-state index contributed by atoms with van der Waals surface area (Å²) < 4.78 is 0. The molecule has 0 aliphatic heterocycles. The van der Waals surface area contributed by atoms with Crippen LogP contribution in [0, 0.1) is 0 Å². The number of rotatable bonds is 5. The van der Waals surface area contributed by atoms with Crippen molar-refractivity contribution in [3.05, 3.63) is 30.3 Å². The zero-order chi connectivity index (χ0) is 14.3. The summed E-state index contributed by atoms with van der Waals surface area (Å²) in [5.74, 6) is -1.67. The van der Waals surface area contributed by atoms with Crippen molar-refractivity contribution in [1.82, 2.24) is 5.32 Å². The van der Waals surface area contributed by atoms with E-state index < -0.39 is 17.9 Å². The van der Waals surface area contributed by atoms with Crippen molar-refractivity contribution in [3.63, 3.8) is 0 Å². The van der Waals surface area contributed by atoms with Crippen molar-refractivity contribution in [2.75, 3.05) is 11.4 Å². The summed E-state index contributed by atoms with van der Waals surface area (Å²) in [7, 11) is 0. The van der Waals surface area contributed by atoms with Crippen LogP contribution in [0.15, 0.2) is 30.3 Å². The van der Waals surface area contributed by atoms with E-state index in [4.69, 9.17) is 5.11 Å². The number of nitrogens with one attached hydrogen (secondary N) is 1. The molecule has 0 aromatic heterocycles. The van der Waals surface area contributed by atoms with Crippen molar-refractivity contribution in [2.24, 2.45) is 0 Å². The number of imide groups is 1. The molecule has 1 aromatic rings. The summed E-state index contributed by atoms with van der Waals surface area (Å²) in [6.07, 6.45) is -0.510. The first-order chi connectivity index (χ1) is 9.04. The van der Waals surface area contributed by atoms with Crippen molar-refractivity contribution in [3.8, 4) is 0 Å². The number of hydrogen-bond donors (Lipinski definition) is 2. The molecule has 6 nitrogen and oxygen atoms in total. The van der Waals surface area contributed by atoms with Gasteiger partial charge in [0.25, 0.3) is 0 Å². The summed E-state index contributed by atoms with van der Waals surface area (Å²) in [6, 6.07) is 8.36. The quantitative estimate of drug-likeness (QED) is 0.846. The summed E-state index contributed by atoms with van der Waals surface area (Å²) in [6.45, 7) is 2.19. The van der Waals surface area contributed by atoms with Gasteiger partial charge >= 0.3 is 12.0 Å². The lowest BCUT2D eigenvalue weighted by Gasteiger charge is -2.20. The molecule has 0 bridgehead atoms. The van der Waals surface area contributed by atoms with Gasteiger partial charge in [0.15, 0.2) is 0 Å². The minimum Gasteiger partial charge on any atom is -0.481 e. The lowest BCUT2D eigenvalue weighted by atomic mass is 10.3. The number of carboxylic acid groups (broad SMARTS) is 1. The molecule has 0 aliphatic rings. The molecule has 6 heteroatoms. The molecule has 0 unspecified atom stereocenters. The Morgan fingerprint density at radius 3 is 2.32 bits per heavy atom. The van der Waals surface area contributed by atoms with E-state index in [9.17, 15) is 14.4 Å². The number of amides is 3. The van der Waals surface area contributed by atoms with Crippen molar-refractivity contribution >= 4 is 23.6 Å². The van der Waals surface area contributed by atoms with Crippen LogP contribution in [0.3, 0.4) is 0 Å². The maximum Gasteiger partial charge on any atom is 0.328 e. The Hall–Kier alpha value is -2.37. The first-order valence-corrected chi connectivity index (χ1v) is 5.92. The van der Waals surface area contributed by atoms with E-state index in [1.807, 2.05) is 6.07 Å². The topological polar surface area (TPSA) is 86.7 Å². The minimum absolute atomic E-state index is 0.215. The maximum atomic E-state index is 11.9. The predicted octanol–water partition coefficient (Wildman–Crippen LogP) is 1.61. The average Bonchev–Trinajstić information content (AvgIpc) is 2.38. The highest BCUT2D eigenvalue weighted by molar-refractivity contribution is 6.03. The Bertz CT molecular complexity index is 459. The lowest BCUT2D eigenvalue weighted by Crippen LogP contribution is -2.43. The Balaban J connectivity index is 2.60. The zero-order valence-corrected chi connectivity index (χ0v) is 10.6. The number of anilines is 1. The molecule has 1 aromatic carbocycles. The standard InChI is InChI=1S/C13H16N2O4/c1-2-15(10-6-4-3-5-7-10)13(19)14-11(16)8-9-12(17)18/h3-7H,2,8-9H2,1H3,(H,17,18)(H,14,16,19). The third kappa shape index (κ3) is 4.79. The van der Waals surface area contributed by atoms with Crippen LogP contribution >= 0.6 is 0 Å². The highest BCUT2D eigenvalue weighted by Gasteiger charge is 2.16. The first-order valence-electron chi connectivity index (χ1n) is 5.92. The van der Waals surface area contributed by atoms with Gasteiger partial charge in [0.2, 0.25) is 5.91 Å². The van der Waals surface area contributed by atoms with Crippen LogP contribution in [0.5, 0.6) is 0 Å². The number of nitrogens with zero attached hydrogens (tertiary/aromatic N) is 1. The van der Waals surface area contributed by atoms with Gasteiger partial charge < -0.3 is 5.11 Å². The molecule has 0 spiro atoms. The largest absolute Gasteiger partial charge is 0.481 e. The Morgan fingerprint density at radius 2 is 1.79 bits per heavy atom. The second-order valence-electron chi connectivity index (χ2n) is 3.83.